The van der Waals surface area contributed by atoms with Crippen LogP contribution >= 0.6 is 11.3 Å². The Hall–Kier alpha value is -3.59. The number of ether oxygens (including phenoxy) is 1. The molecule has 1 saturated heterocycles. The van der Waals surface area contributed by atoms with Crippen molar-refractivity contribution in [3.63, 3.8) is 0 Å². The summed E-state index contributed by atoms with van der Waals surface area (Å²) in [4.78, 5) is 16.4. The topological polar surface area (TPSA) is 98.9 Å². The molecule has 0 saturated carbocycles. The number of aromatic nitrogens is 4. The molecule has 1 aliphatic rings. The van der Waals surface area contributed by atoms with Crippen LogP contribution in [0.1, 0.15) is 23.2 Å². The molecule has 0 radical (unpaired) electrons. The minimum Gasteiger partial charge on any atom is -0.497 e. The highest BCUT2D eigenvalue weighted by Gasteiger charge is 2.24. The van der Waals surface area contributed by atoms with E-state index in [-0.39, 0.29) is 11.9 Å². The molecule has 8 nitrogen and oxygen atoms in total. The average molecular weight is 449 g/mol. The van der Waals surface area contributed by atoms with E-state index in [2.05, 4.69) is 48.1 Å². The first-order valence-electron chi connectivity index (χ1n) is 10.5. The summed E-state index contributed by atoms with van der Waals surface area (Å²) >= 11 is 1.69. The molecule has 3 N–H and O–H groups in total. The molecule has 4 aromatic rings. The monoisotopic (exact) mass is 448 g/mol. The van der Waals surface area contributed by atoms with Crippen LogP contribution < -0.4 is 15.0 Å². The third-order valence-electron chi connectivity index (χ3n) is 5.75. The minimum atomic E-state index is -0.116. The van der Waals surface area contributed by atoms with Gasteiger partial charge in [0, 0.05) is 30.8 Å². The summed E-state index contributed by atoms with van der Waals surface area (Å²) in [5.74, 6) is 1.57. The maximum atomic E-state index is 13.0. The van der Waals surface area contributed by atoms with Crippen molar-refractivity contribution in [3.05, 3.63) is 59.6 Å². The molecule has 1 amide bonds. The quantitative estimate of drug-likeness (QED) is 0.415. The van der Waals surface area contributed by atoms with Gasteiger partial charge in [-0.15, -0.1) is 11.3 Å². The number of carbonyl (C=O) groups is 1. The molecule has 0 bridgehead atoms. The number of nitrogens with zero attached hydrogens (tertiary/aromatic N) is 3. The van der Waals surface area contributed by atoms with Gasteiger partial charge >= 0.3 is 0 Å². The second-order valence-electron chi connectivity index (χ2n) is 7.74. The van der Waals surface area contributed by atoms with Gasteiger partial charge in [0.2, 0.25) is 0 Å². The lowest BCUT2D eigenvalue weighted by Crippen LogP contribution is -2.44. The molecular weight excluding hydrogens is 424 g/mol. The van der Waals surface area contributed by atoms with Gasteiger partial charge in [0.05, 0.1) is 35.1 Å². The molecular formula is C23H24N6O2S. The number of piperidine rings is 1. The van der Waals surface area contributed by atoms with E-state index in [1.165, 1.54) is 4.88 Å². The first-order chi connectivity index (χ1) is 15.7. The Morgan fingerprint density at radius 3 is 2.84 bits per heavy atom. The van der Waals surface area contributed by atoms with Crippen molar-refractivity contribution in [3.8, 4) is 27.6 Å². The van der Waals surface area contributed by atoms with Gasteiger partial charge in [0.1, 0.15) is 5.75 Å². The molecule has 164 valence electrons. The summed E-state index contributed by atoms with van der Waals surface area (Å²) in [7, 11) is 1.62. The van der Waals surface area contributed by atoms with E-state index < -0.39 is 0 Å². The summed E-state index contributed by atoms with van der Waals surface area (Å²) < 4.78 is 5.30. The van der Waals surface area contributed by atoms with Gasteiger partial charge < -0.3 is 15.0 Å². The number of benzene rings is 1. The fourth-order valence-corrected chi connectivity index (χ4v) is 4.70. The highest BCUT2D eigenvalue weighted by atomic mass is 32.1. The van der Waals surface area contributed by atoms with Gasteiger partial charge in [0.25, 0.3) is 5.91 Å². The fourth-order valence-electron chi connectivity index (χ4n) is 4.00. The molecule has 3 aromatic heterocycles. The van der Waals surface area contributed by atoms with Crippen LogP contribution in [0.5, 0.6) is 5.75 Å². The number of amides is 1. The van der Waals surface area contributed by atoms with Crippen LogP contribution in [0.4, 0.5) is 5.82 Å². The Morgan fingerprint density at radius 1 is 1.19 bits per heavy atom. The lowest BCUT2D eigenvalue weighted by molar-refractivity contribution is 0.0932. The number of nitrogens with one attached hydrogen (secondary N) is 3. The molecule has 0 unspecified atom stereocenters. The van der Waals surface area contributed by atoms with Crippen molar-refractivity contribution in [1.82, 2.24) is 25.7 Å². The Bertz CT molecular complexity index is 1190. The molecule has 1 aliphatic heterocycles. The largest absolute Gasteiger partial charge is 0.497 e. The van der Waals surface area contributed by atoms with Crippen LogP contribution in [0, 0.1) is 0 Å². The minimum absolute atomic E-state index is 0.113. The van der Waals surface area contributed by atoms with Gasteiger partial charge in [-0.1, -0.05) is 18.2 Å². The van der Waals surface area contributed by atoms with E-state index in [1.54, 1.807) is 24.6 Å². The molecule has 1 fully saturated rings. The van der Waals surface area contributed by atoms with E-state index in [4.69, 9.17) is 4.74 Å². The number of hydrogen-bond acceptors (Lipinski definition) is 6. The number of carbonyl (C=O) groups excluding carboxylic acids is 1. The molecule has 32 heavy (non-hydrogen) atoms. The lowest BCUT2D eigenvalue weighted by atomic mass is 10.0. The second kappa shape index (κ2) is 8.88. The smallest absolute Gasteiger partial charge is 0.255 e. The summed E-state index contributed by atoms with van der Waals surface area (Å²) in [5, 5.41) is 19.9. The standard InChI is InChI=1S/C23H24N6O2S/c1-31-17-5-2-4-15(12-17)22-18(14-24-28-22)23(30)25-16-7-9-29(10-8-16)21-13-19(26-27-21)20-6-3-11-32-20/h2-6,11-14,16H,7-10H2,1H3,(H,24,28)(H,25,30)(H,26,27). The van der Waals surface area contributed by atoms with E-state index in [9.17, 15) is 4.79 Å². The van der Waals surface area contributed by atoms with Crippen LogP contribution in [-0.2, 0) is 0 Å². The molecule has 0 atom stereocenters. The van der Waals surface area contributed by atoms with Crippen LogP contribution in [0.3, 0.4) is 0 Å². The molecule has 5 rings (SSSR count). The fraction of sp³-hybridized carbons (Fsp3) is 0.261. The summed E-state index contributed by atoms with van der Waals surface area (Å²) in [6, 6.07) is 13.9. The van der Waals surface area contributed by atoms with Crippen molar-refractivity contribution in [2.45, 2.75) is 18.9 Å². The number of thiophene rings is 1. The lowest BCUT2D eigenvalue weighted by Gasteiger charge is -2.32. The number of hydrogen-bond donors (Lipinski definition) is 3. The highest BCUT2D eigenvalue weighted by Crippen LogP contribution is 2.28. The van der Waals surface area contributed by atoms with Crippen molar-refractivity contribution < 1.29 is 9.53 Å². The highest BCUT2D eigenvalue weighted by molar-refractivity contribution is 7.13. The summed E-state index contributed by atoms with van der Waals surface area (Å²) in [6.45, 7) is 1.68. The van der Waals surface area contributed by atoms with E-state index in [1.807, 2.05) is 30.3 Å². The number of methoxy groups -OCH3 is 1. The molecule has 0 spiro atoms. The van der Waals surface area contributed by atoms with E-state index >= 15 is 0 Å². The Balaban J connectivity index is 1.21. The predicted octanol–water partition coefficient (Wildman–Crippen LogP) is 3.94. The van der Waals surface area contributed by atoms with E-state index in [0.29, 0.717) is 11.3 Å². The molecule has 9 heteroatoms. The van der Waals surface area contributed by atoms with Crippen molar-refractivity contribution in [2.75, 3.05) is 25.1 Å². The number of H-pyrrole nitrogens is 2. The van der Waals surface area contributed by atoms with Crippen LogP contribution in [0.15, 0.2) is 54.0 Å². The summed E-state index contributed by atoms with van der Waals surface area (Å²) in [6.07, 6.45) is 3.30. The van der Waals surface area contributed by atoms with Crippen LogP contribution in [0.25, 0.3) is 21.8 Å². The third-order valence-corrected chi connectivity index (χ3v) is 6.65. The Morgan fingerprint density at radius 2 is 2.06 bits per heavy atom. The maximum Gasteiger partial charge on any atom is 0.255 e. The Labute approximate surface area is 189 Å². The number of aromatic amines is 2. The van der Waals surface area contributed by atoms with Crippen LogP contribution in [0.2, 0.25) is 0 Å². The van der Waals surface area contributed by atoms with E-state index in [0.717, 1.165) is 48.8 Å². The average Bonchev–Trinajstić information content (AvgIpc) is 3.61. The number of anilines is 1. The van der Waals surface area contributed by atoms with Gasteiger partial charge in [-0.25, -0.2) is 0 Å². The second-order valence-corrected chi connectivity index (χ2v) is 8.69. The molecule has 4 heterocycles. The number of rotatable bonds is 6. The SMILES string of the molecule is COc1cccc(-c2[nH]ncc2C(=O)NC2CCN(c3cc(-c4cccs4)[nH]n3)CC2)c1. The molecule has 1 aromatic carbocycles. The molecule has 0 aliphatic carbocycles. The zero-order valence-electron chi connectivity index (χ0n) is 17.7. The normalized spacial score (nSPS) is 14.5. The van der Waals surface area contributed by atoms with Gasteiger partial charge in [-0.05, 0) is 36.4 Å². The first-order valence-corrected chi connectivity index (χ1v) is 11.4. The predicted molar refractivity (Wildman–Crippen MR) is 125 cm³/mol. The Kier molecular flexibility index (Phi) is 5.64. The zero-order valence-corrected chi connectivity index (χ0v) is 18.5. The van der Waals surface area contributed by atoms with Crippen molar-refractivity contribution in [2.24, 2.45) is 0 Å². The van der Waals surface area contributed by atoms with Crippen LogP contribution in [-0.4, -0.2) is 52.5 Å². The van der Waals surface area contributed by atoms with Gasteiger partial charge in [-0.3, -0.25) is 15.0 Å². The van der Waals surface area contributed by atoms with Crippen molar-refractivity contribution in [1.29, 1.82) is 0 Å². The maximum absolute atomic E-state index is 13.0. The zero-order chi connectivity index (χ0) is 21.9. The third kappa shape index (κ3) is 4.11. The van der Waals surface area contributed by atoms with Gasteiger partial charge in [0.15, 0.2) is 5.82 Å². The first kappa shape index (κ1) is 20.3. The van der Waals surface area contributed by atoms with Crippen molar-refractivity contribution >= 4 is 23.1 Å². The van der Waals surface area contributed by atoms with Gasteiger partial charge in [-0.2, -0.15) is 10.2 Å². The summed E-state index contributed by atoms with van der Waals surface area (Å²) in [5.41, 5.74) is 3.13.